The number of non-ortho nitro benzene ring substituents is 1. The predicted octanol–water partition coefficient (Wildman–Crippen LogP) is 6.55. The maximum atomic E-state index is 12.8. The molecule has 2 N–H and O–H groups in total. The molecule has 10 atom stereocenters. The Labute approximate surface area is 237 Å². The molecule has 0 radical (unpaired) electrons. The molecule has 0 aromatic heterocycles. The number of hydrogen-bond acceptors (Lipinski definition) is 7. The first-order chi connectivity index (χ1) is 18.8. The molecule has 4 saturated carbocycles. The fourth-order valence-electron chi connectivity index (χ4n) is 9.81. The van der Waals surface area contributed by atoms with Crippen LogP contribution in [0.25, 0.3) is 0 Å². The molecule has 0 bridgehead atoms. The smallest absolute Gasteiger partial charge is 0.426 e. The average Bonchev–Trinajstić information content (AvgIpc) is 3.24. The van der Waals surface area contributed by atoms with Crippen molar-refractivity contribution in [1.82, 2.24) is 0 Å². The number of rotatable bonds is 9. The lowest BCUT2D eigenvalue weighted by Crippen LogP contribution is -2.54. The molecule has 222 valence electrons. The van der Waals surface area contributed by atoms with Crippen LogP contribution in [0, 0.1) is 56.5 Å². The molecular formula is C30H44NO8P. The van der Waals surface area contributed by atoms with E-state index in [2.05, 4.69) is 20.8 Å². The van der Waals surface area contributed by atoms with Gasteiger partial charge in [-0.1, -0.05) is 20.8 Å². The zero-order valence-electron chi connectivity index (χ0n) is 23.9. The summed E-state index contributed by atoms with van der Waals surface area (Å²) < 4.78 is 10.9. The number of carboxylic acid groups (broad SMARTS) is 1. The number of hydrogen-bond donors (Lipinski definition) is 2. The minimum absolute atomic E-state index is 0.0648. The van der Waals surface area contributed by atoms with Crippen molar-refractivity contribution >= 4 is 19.8 Å². The summed E-state index contributed by atoms with van der Waals surface area (Å²) >= 11 is 0. The molecule has 0 heterocycles. The van der Waals surface area contributed by atoms with E-state index in [1.807, 2.05) is 0 Å². The van der Waals surface area contributed by atoms with E-state index in [1.165, 1.54) is 56.4 Å². The van der Waals surface area contributed by atoms with E-state index in [0.717, 1.165) is 25.7 Å². The first-order valence-corrected chi connectivity index (χ1v) is 16.5. The van der Waals surface area contributed by atoms with Gasteiger partial charge in [-0.2, -0.15) is 9.42 Å². The zero-order chi connectivity index (χ0) is 28.9. The number of phosphoric acid groups is 1. The third-order valence-electron chi connectivity index (χ3n) is 11.7. The normalized spacial score (nSPS) is 39.2. The van der Waals surface area contributed by atoms with Crippen molar-refractivity contribution in [3.05, 3.63) is 34.4 Å². The Morgan fingerprint density at radius 2 is 1.75 bits per heavy atom. The molecule has 9 nitrogen and oxygen atoms in total. The molecule has 0 aliphatic heterocycles. The highest BCUT2D eigenvalue weighted by molar-refractivity contribution is 7.53. The highest BCUT2D eigenvalue weighted by Crippen LogP contribution is 2.69. The summed E-state index contributed by atoms with van der Waals surface area (Å²) in [5.74, 6) is 2.88. The predicted molar refractivity (Wildman–Crippen MR) is 149 cm³/mol. The SMILES string of the molecule is C[C@H](CCC(=O)O)[C@H]1CC[C@H]2[C@@H]3CC[C@@H]4C[C@H](O[P+]([O-])(O)Oc5ccc([N+](=O)[O-])cc5)CC[C@]4(C)[C@H]3CC[C@]12C. The molecular weight excluding hydrogens is 533 g/mol. The van der Waals surface area contributed by atoms with Gasteiger partial charge in [0.05, 0.1) is 4.92 Å². The Morgan fingerprint density at radius 3 is 2.42 bits per heavy atom. The van der Waals surface area contributed by atoms with Gasteiger partial charge in [0.15, 0.2) is 5.75 Å². The Bertz CT molecular complexity index is 1100. The number of nitro groups is 1. The fraction of sp³-hybridized carbons (Fsp3) is 0.767. The van der Waals surface area contributed by atoms with Crippen molar-refractivity contribution in [2.45, 2.75) is 97.5 Å². The molecule has 1 aromatic carbocycles. The second-order valence-corrected chi connectivity index (χ2v) is 14.9. The standard InChI is InChI=1S/C30H44NO8P/c1-19(4-13-28(32)33)25-11-12-26-24-10-5-20-18-23(14-16-29(20,2)27(24)15-17-30(25,26)3)39-40(36,37)38-22-8-6-21(7-9-22)31(34)35/h6-9,19-20,23-27H,4-5,10-18H2,1-3H3,(H,32,33)(H,36,37)/t19-,20-,23-,24+,25-,26+,27+,29+,30-/m1/s1. The van der Waals surface area contributed by atoms with Gasteiger partial charge in [-0.05, 0) is 123 Å². The van der Waals surface area contributed by atoms with Crippen LogP contribution in [0.1, 0.15) is 91.4 Å². The topological polar surface area (TPSA) is 142 Å². The van der Waals surface area contributed by atoms with E-state index < -0.39 is 19.1 Å². The third-order valence-corrected chi connectivity index (χ3v) is 12.7. The van der Waals surface area contributed by atoms with Crippen molar-refractivity contribution in [2.75, 3.05) is 0 Å². The minimum Gasteiger partial charge on any atom is -0.598 e. The van der Waals surface area contributed by atoms with Crippen LogP contribution >= 0.6 is 8.17 Å². The van der Waals surface area contributed by atoms with E-state index in [1.54, 1.807) is 0 Å². The van der Waals surface area contributed by atoms with E-state index in [-0.39, 0.29) is 29.4 Å². The Hall–Kier alpha value is -1.80. The Kier molecular flexibility index (Phi) is 8.25. The number of fused-ring (bicyclic) bond motifs is 5. The summed E-state index contributed by atoms with van der Waals surface area (Å²) in [4.78, 5) is 44.8. The lowest BCUT2D eigenvalue weighted by molar-refractivity contribution is -0.384. The minimum atomic E-state index is -4.38. The summed E-state index contributed by atoms with van der Waals surface area (Å²) in [7, 11) is -4.38. The molecule has 4 aliphatic carbocycles. The van der Waals surface area contributed by atoms with Crippen LogP contribution in [0.15, 0.2) is 24.3 Å². The van der Waals surface area contributed by atoms with Gasteiger partial charge in [0.1, 0.15) is 6.10 Å². The van der Waals surface area contributed by atoms with Crippen LogP contribution in [0.5, 0.6) is 5.75 Å². The number of nitrogens with zero attached hydrogens (tertiary/aromatic N) is 1. The van der Waals surface area contributed by atoms with E-state index in [9.17, 15) is 29.8 Å². The van der Waals surface area contributed by atoms with Gasteiger partial charge >= 0.3 is 14.1 Å². The van der Waals surface area contributed by atoms with Crippen LogP contribution in [-0.2, 0) is 9.32 Å². The molecule has 1 aromatic rings. The lowest BCUT2D eigenvalue weighted by atomic mass is 9.44. The van der Waals surface area contributed by atoms with Crippen molar-refractivity contribution < 1.29 is 33.7 Å². The summed E-state index contributed by atoms with van der Waals surface area (Å²) in [6.07, 6.45) is 10.2. The maximum absolute atomic E-state index is 12.8. The first-order valence-electron chi connectivity index (χ1n) is 15.0. The third kappa shape index (κ3) is 5.64. The van der Waals surface area contributed by atoms with Gasteiger partial charge < -0.3 is 10.00 Å². The molecule has 0 amide bonds. The Balaban J connectivity index is 1.21. The van der Waals surface area contributed by atoms with Gasteiger partial charge in [0, 0.05) is 18.6 Å². The monoisotopic (exact) mass is 577 g/mol. The molecule has 5 rings (SSSR count). The number of aliphatic carboxylic acids is 1. The maximum Gasteiger partial charge on any atom is 0.426 e. The van der Waals surface area contributed by atoms with Crippen molar-refractivity contribution in [2.24, 2.45) is 46.3 Å². The highest BCUT2D eigenvalue weighted by atomic mass is 31.2. The number of carbonyl (C=O) groups is 1. The van der Waals surface area contributed by atoms with Crippen LogP contribution in [0.4, 0.5) is 5.69 Å². The second-order valence-electron chi connectivity index (χ2n) is 13.6. The van der Waals surface area contributed by atoms with Gasteiger partial charge in [-0.3, -0.25) is 19.4 Å². The molecule has 4 fully saturated rings. The molecule has 0 saturated heterocycles. The largest absolute Gasteiger partial charge is 0.598 e. The van der Waals surface area contributed by atoms with Crippen molar-refractivity contribution in [3.63, 3.8) is 0 Å². The molecule has 40 heavy (non-hydrogen) atoms. The van der Waals surface area contributed by atoms with Crippen LogP contribution < -0.4 is 9.42 Å². The van der Waals surface area contributed by atoms with Gasteiger partial charge in [0.25, 0.3) is 5.69 Å². The lowest BCUT2D eigenvalue weighted by Gasteiger charge is -2.61. The summed E-state index contributed by atoms with van der Waals surface area (Å²) in [6, 6.07) is 5.08. The quantitative estimate of drug-likeness (QED) is 0.191. The summed E-state index contributed by atoms with van der Waals surface area (Å²) in [6.45, 7) is 7.20. The van der Waals surface area contributed by atoms with E-state index in [4.69, 9.17) is 9.05 Å². The number of nitro benzene ring substituents is 1. The Morgan fingerprint density at radius 1 is 1.07 bits per heavy atom. The van der Waals surface area contributed by atoms with E-state index in [0.29, 0.717) is 47.3 Å². The fourth-order valence-corrected chi connectivity index (χ4v) is 10.8. The number of phosphoric ester groups is 1. The average molecular weight is 578 g/mol. The van der Waals surface area contributed by atoms with Gasteiger partial charge in [-0.25, -0.2) is 0 Å². The van der Waals surface area contributed by atoms with Crippen molar-refractivity contribution in [3.8, 4) is 5.75 Å². The van der Waals surface area contributed by atoms with Crippen LogP contribution in [-0.4, -0.2) is 27.0 Å². The highest BCUT2D eigenvalue weighted by Gasteiger charge is 2.61. The van der Waals surface area contributed by atoms with Crippen molar-refractivity contribution in [1.29, 1.82) is 0 Å². The van der Waals surface area contributed by atoms with Crippen LogP contribution in [0.2, 0.25) is 0 Å². The van der Waals surface area contributed by atoms with Gasteiger partial charge in [-0.15, -0.1) is 0 Å². The summed E-state index contributed by atoms with van der Waals surface area (Å²) in [5, 5.41) is 20.1. The first kappa shape index (κ1) is 29.7. The second kappa shape index (κ2) is 11.1. The van der Waals surface area contributed by atoms with E-state index >= 15 is 0 Å². The number of benzene rings is 1. The van der Waals surface area contributed by atoms with Crippen LogP contribution in [0.3, 0.4) is 0 Å². The summed E-state index contributed by atoms with van der Waals surface area (Å²) in [5.41, 5.74) is 0.365. The molecule has 4 aliphatic rings. The van der Waals surface area contributed by atoms with Gasteiger partial charge in [0.2, 0.25) is 0 Å². The number of carboxylic acids is 1. The molecule has 0 spiro atoms. The zero-order valence-corrected chi connectivity index (χ0v) is 24.8. The molecule has 1 unspecified atom stereocenters. The molecule has 10 heteroatoms.